The van der Waals surface area contributed by atoms with E-state index < -0.39 is 0 Å². The van der Waals surface area contributed by atoms with Crippen molar-refractivity contribution in [3.8, 4) is 5.75 Å². The van der Waals surface area contributed by atoms with E-state index in [4.69, 9.17) is 0 Å². The highest BCUT2D eigenvalue weighted by molar-refractivity contribution is 5.79. The molecular formula is C17H25NO2. The third-order valence-electron chi connectivity index (χ3n) is 4.27. The summed E-state index contributed by atoms with van der Waals surface area (Å²) >= 11 is 0. The van der Waals surface area contributed by atoms with Crippen LogP contribution in [0.1, 0.15) is 50.7 Å². The molecule has 1 aromatic rings. The molecule has 20 heavy (non-hydrogen) atoms. The highest BCUT2D eigenvalue weighted by Crippen LogP contribution is 2.28. The van der Waals surface area contributed by atoms with Crippen molar-refractivity contribution >= 4 is 5.91 Å². The number of phenolic OH excluding ortho intramolecular Hbond substituents is 1. The number of hydrogen-bond acceptors (Lipinski definition) is 2. The van der Waals surface area contributed by atoms with E-state index in [2.05, 4.69) is 19.2 Å². The Morgan fingerprint density at radius 2 is 2.20 bits per heavy atom. The predicted octanol–water partition coefficient (Wildman–Crippen LogP) is 3.19. The molecule has 1 amide bonds. The number of hydrogen-bond donors (Lipinski definition) is 2. The van der Waals surface area contributed by atoms with E-state index in [0.717, 1.165) is 38.5 Å². The van der Waals surface area contributed by atoms with Gasteiger partial charge in [0.05, 0.1) is 0 Å². The van der Waals surface area contributed by atoms with Crippen molar-refractivity contribution in [2.75, 3.05) is 0 Å². The number of aromatic hydroxyl groups is 1. The van der Waals surface area contributed by atoms with E-state index in [-0.39, 0.29) is 11.8 Å². The van der Waals surface area contributed by atoms with E-state index in [1.807, 2.05) is 12.1 Å². The van der Waals surface area contributed by atoms with Crippen molar-refractivity contribution in [2.24, 2.45) is 5.92 Å². The molecule has 0 saturated heterocycles. The van der Waals surface area contributed by atoms with Crippen LogP contribution in [0.15, 0.2) is 18.2 Å². The van der Waals surface area contributed by atoms with Crippen molar-refractivity contribution < 1.29 is 9.90 Å². The van der Waals surface area contributed by atoms with Crippen molar-refractivity contribution in [3.63, 3.8) is 0 Å². The molecule has 0 spiro atoms. The van der Waals surface area contributed by atoms with E-state index in [1.165, 1.54) is 11.1 Å². The van der Waals surface area contributed by atoms with Crippen LogP contribution < -0.4 is 5.32 Å². The van der Waals surface area contributed by atoms with E-state index >= 15 is 0 Å². The molecule has 1 aliphatic carbocycles. The van der Waals surface area contributed by atoms with Crippen LogP contribution >= 0.6 is 0 Å². The SMILES string of the molecule is CCCC(CC)NC(=O)C1CCc2cc(O)ccc2C1. The Morgan fingerprint density at radius 1 is 1.40 bits per heavy atom. The largest absolute Gasteiger partial charge is 0.508 e. The smallest absolute Gasteiger partial charge is 0.223 e. The van der Waals surface area contributed by atoms with Gasteiger partial charge < -0.3 is 10.4 Å². The molecule has 0 saturated carbocycles. The molecule has 3 nitrogen and oxygen atoms in total. The monoisotopic (exact) mass is 275 g/mol. The fraction of sp³-hybridized carbons (Fsp3) is 0.588. The van der Waals surface area contributed by atoms with Crippen LogP contribution in [0.3, 0.4) is 0 Å². The maximum absolute atomic E-state index is 12.4. The van der Waals surface area contributed by atoms with E-state index in [0.29, 0.717) is 11.8 Å². The topological polar surface area (TPSA) is 49.3 Å². The molecule has 3 heteroatoms. The molecule has 2 unspecified atom stereocenters. The Kier molecular flexibility index (Phi) is 5.05. The van der Waals surface area contributed by atoms with Crippen LogP contribution in [0, 0.1) is 5.92 Å². The first-order valence-corrected chi connectivity index (χ1v) is 7.75. The van der Waals surface area contributed by atoms with Crippen LogP contribution in [0.2, 0.25) is 0 Å². The minimum absolute atomic E-state index is 0.0814. The second-order valence-electron chi connectivity index (χ2n) is 5.80. The van der Waals surface area contributed by atoms with E-state index in [9.17, 15) is 9.90 Å². The number of carbonyl (C=O) groups is 1. The van der Waals surface area contributed by atoms with Gasteiger partial charge in [-0.25, -0.2) is 0 Å². The molecule has 2 atom stereocenters. The molecule has 110 valence electrons. The highest BCUT2D eigenvalue weighted by atomic mass is 16.3. The molecule has 0 aromatic heterocycles. The number of nitrogens with one attached hydrogen (secondary N) is 1. The number of rotatable bonds is 5. The number of aryl methyl sites for hydroxylation is 1. The van der Waals surface area contributed by atoms with Gasteiger partial charge in [-0.2, -0.15) is 0 Å². The van der Waals surface area contributed by atoms with Crippen LogP contribution in [0.5, 0.6) is 5.75 Å². The zero-order valence-electron chi connectivity index (χ0n) is 12.5. The fourth-order valence-electron chi connectivity index (χ4n) is 3.01. The molecular weight excluding hydrogens is 250 g/mol. The normalized spacial score (nSPS) is 19.2. The van der Waals surface area contributed by atoms with Gasteiger partial charge in [0.25, 0.3) is 0 Å². The molecule has 0 radical (unpaired) electrons. The van der Waals surface area contributed by atoms with Gasteiger partial charge in [-0.05, 0) is 55.4 Å². The first-order chi connectivity index (χ1) is 9.63. The summed E-state index contributed by atoms with van der Waals surface area (Å²) < 4.78 is 0. The second kappa shape index (κ2) is 6.78. The minimum Gasteiger partial charge on any atom is -0.508 e. The predicted molar refractivity (Wildman–Crippen MR) is 80.8 cm³/mol. The summed E-state index contributed by atoms with van der Waals surface area (Å²) in [6.45, 7) is 4.28. The molecule has 2 rings (SSSR count). The van der Waals surface area contributed by atoms with Crippen LogP contribution in [0.25, 0.3) is 0 Å². The van der Waals surface area contributed by atoms with Gasteiger partial charge in [-0.1, -0.05) is 26.3 Å². The third kappa shape index (κ3) is 3.53. The number of benzene rings is 1. The Morgan fingerprint density at radius 3 is 2.90 bits per heavy atom. The Bertz CT molecular complexity index is 470. The quantitative estimate of drug-likeness (QED) is 0.867. The van der Waals surface area contributed by atoms with Crippen LogP contribution in [0.4, 0.5) is 0 Å². The van der Waals surface area contributed by atoms with Crippen molar-refractivity contribution in [2.45, 2.75) is 58.4 Å². The second-order valence-corrected chi connectivity index (χ2v) is 5.80. The first kappa shape index (κ1) is 14.9. The molecule has 2 N–H and O–H groups in total. The lowest BCUT2D eigenvalue weighted by atomic mass is 9.83. The summed E-state index contributed by atoms with van der Waals surface area (Å²) in [5.41, 5.74) is 2.40. The number of phenols is 1. The molecule has 0 fully saturated rings. The molecule has 0 heterocycles. The lowest BCUT2D eigenvalue weighted by Gasteiger charge is -2.26. The van der Waals surface area contributed by atoms with Crippen LogP contribution in [-0.4, -0.2) is 17.1 Å². The van der Waals surface area contributed by atoms with Gasteiger partial charge >= 0.3 is 0 Å². The average molecular weight is 275 g/mol. The van der Waals surface area contributed by atoms with Crippen molar-refractivity contribution in [1.29, 1.82) is 0 Å². The molecule has 1 aromatic carbocycles. The van der Waals surface area contributed by atoms with Crippen molar-refractivity contribution in [1.82, 2.24) is 5.32 Å². The number of amides is 1. The van der Waals surface area contributed by atoms with Gasteiger partial charge in [0.2, 0.25) is 5.91 Å². The summed E-state index contributed by atoms with van der Waals surface area (Å²) in [6, 6.07) is 5.81. The lowest BCUT2D eigenvalue weighted by Crippen LogP contribution is -2.40. The summed E-state index contributed by atoms with van der Waals surface area (Å²) in [5.74, 6) is 0.600. The molecule has 1 aliphatic rings. The number of carbonyl (C=O) groups excluding carboxylic acids is 1. The van der Waals surface area contributed by atoms with Gasteiger partial charge in [0.15, 0.2) is 0 Å². The lowest BCUT2D eigenvalue weighted by molar-refractivity contribution is -0.126. The Labute approximate surface area is 121 Å². The maximum atomic E-state index is 12.4. The fourth-order valence-corrected chi connectivity index (χ4v) is 3.01. The molecule has 0 aliphatic heterocycles. The summed E-state index contributed by atoms with van der Waals surface area (Å²) in [7, 11) is 0. The standard InChI is InChI=1S/C17H25NO2/c1-3-5-15(4-2)18-17(20)14-7-6-13-11-16(19)9-8-12(13)10-14/h8-9,11,14-15,19H,3-7,10H2,1-2H3,(H,18,20). The van der Waals surface area contributed by atoms with Crippen molar-refractivity contribution in [3.05, 3.63) is 29.3 Å². The zero-order valence-corrected chi connectivity index (χ0v) is 12.5. The van der Waals surface area contributed by atoms with Crippen LogP contribution in [-0.2, 0) is 17.6 Å². The summed E-state index contributed by atoms with van der Waals surface area (Å²) in [6.07, 6.45) is 5.71. The minimum atomic E-state index is 0.0814. The Hall–Kier alpha value is -1.51. The third-order valence-corrected chi connectivity index (χ3v) is 4.27. The van der Waals surface area contributed by atoms with Gasteiger partial charge in [-0.15, -0.1) is 0 Å². The Balaban J connectivity index is 1.98. The van der Waals surface area contributed by atoms with Gasteiger partial charge in [0, 0.05) is 12.0 Å². The average Bonchev–Trinajstić information content (AvgIpc) is 2.46. The summed E-state index contributed by atoms with van der Waals surface area (Å²) in [4.78, 5) is 12.4. The zero-order chi connectivity index (χ0) is 14.5. The molecule has 0 bridgehead atoms. The van der Waals surface area contributed by atoms with Gasteiger partial charge in [0.1, 0.15) is 5.75 Å². The summed E-state index contributed by atoms with van der Waals surface area (Å²) in [5, 5.41) is 12.7. The number of fused-ring (bicyclic) bond motifs is 1. The van der Waals surface area contributed by atoms with E-state index in [1.54, 1.807) is 6.07 Å². The van der Waals surface area contributed by atoms with Gasteiger partial charge in [-0.3, -0.25) is 4.79 Å². The highest BCUT2D eigenvalue weighted by Gasteiger charge is 2.25. The first-order valence-electron chi connectivity index (χ1n) is 7.75. The maximum Gasteiger partial charge on any atom is 0.223 e.